The van der Waals surface area contributed by atoms with Gasteiger partial charge in [0.1, 0.15) is 11.9 Å². The Morgan fingerprint density at radius 3 is 2.88 bits per heavy atom. The Hall–Kier alpha value is -2.70. The van der Waals surface area contributed by atoms with Crippen LogP contribution < -0.4 is 0 Å². The lowest BCUT2D eigenvalue weighted by molar-refractivity contribution is -0.152. The lowest BCUT2D eigenvalue weighted by Gasteiger charge is -2.32. The van der Waals surface area contributed by atoms with Gasteiger partial charge in [0, 0.05) is 19.4 Å². The summed E-state index contributed by atoms with van der Waals surface area (Å²) >= 11 is 0. The first-order valence-corrected chi connectivity index (χ1v) is 8.28. The van der Waals surface area contributed by atoms with Gasteiger partial charge in [0.15, 0.2) is 11.7 Å². The fraction of sp³-hybridized carbons (Fsp3) is 0.389. The zero-order valence-corrected chi connectivity index (χ0v) is 13.7. The Bertz CT molecular complexity index is 774. The second-order valence-corrected chi connectivity index (χ2v) is 6.04. The van der Waals surface area contributed by atoms with Crippen molar-refractivity contribution in [3.8, 4) is 11.3 Å². The third-order valence-electron chi connectivity index (χ3n) is 4.35. The van der Waals surface area contributed by atoms with Gasteiger partial charge in [-0.05, 0) is 31.4 Å². The number of aromatic nitrogens is 1. The average molecular weight is 346 g/mol. The lowest BCUT2D eigenvalue weighted by Crippen LogP contribution is -2.48. The number of carbonyl (C=O) groups is 2. The molecule has 0 radical (unpaired) electrons. The normalized spacial score (nSPS) is 17.5. The van der Waals surface area contributed by atoms with Crippen molar-refractivity contribution in [1.82, 2.24) is 9.88 Å². The number of aliphatic carboxylic acids is 1. The number of benzene rings is 1. The molecule has 25 heavy (non-hydrogen) atoms. The molecule has 1 saturated heterocycles. The Balaban J connectivity index is 1.63. The highest BCUT2D eigenvalue weighted by Gasteiger charge is 2.31. The molecule has 3 rings (SSSR count). The Kier molecular flexibility index (Phi) is 5.11. The van der Waals surface area contributed by atoms with Crippen LogP contribution in [0.25, 0.3) is 11.3 Å². The van der Waals surface area contributed by atoms with Crippen molar-refractivity contribution in [3.63, 3.8) is 0 Å². The van der Waals surface area contributed by atoms with Crippen molar-refractivity contribution in [2.45, 2.75) is 38.1 Å². The Labute approximate surface area is 144 Å². The molecule has 0 bridgehead atoms. The summed E-state index contributed by atoms with van der Waals surface area (Å²) < 4.78 is 19.3. The number of nitrogens with zero attached hydrogens (tertiary/aromatic N) is 2. The summed E-state index contributed by atoms with van der Waals surface area (Å²) in [7, 11) is 0. The molecular weight excluding hydrogens is 327 g/mol. The van der Waals surface area contributed by atoms with Gasteiger partial charge in [0.2, 0.25) is 5.91 Å². The van der Waals surface area contributed by atoms with E-state index in [1.807, 2.05) is 0 Å². The van der Waals surface area contributed by atoms with Crippen LogP contribution in [0.4, 0.5) is 4.39 Å². The Morgan fingerprint density at radius 1 is 1.32 bits per heavy atom. The number of carbonyl (C=O) groups excluding carboxylic acids is 1. The summed E-state index contributed by atoms with van der Waals surface area (Å²) in [5.74, 6) is -0.958. The predicted molar refractivity (Wildman–Crippen MR) is 87.2 cm³/mol. The molecule has 7 heteroatoms. The van der Waals surface area contributed by atoms with Crippen LogP contribution in [0.5, 0.6) is 0 Å². The zero-order valence-electron chi connectivity index (χ0n) is 13.7. The van der Waals surface area contributed by atoms with Crippen molar-refractivity contribution >= 4 is 11.9 Å². The number of hydrogen-bond donors (Lipinski definition) is 1. The fourth-order valence-electron chi connectivity index (χ4n) is 3.06. The maximum atomic E-state index is 13.8. The SMILES string of the molecule is O=C(O)C1CCCCN1C(=O)CCc1ncc(-c2ccccc2F)o1. The van der Waals surface area contributed by atoms with Crippen LogP contribution in [0.1, 0.15) is 31.6 Å². The topological polar surface area (TPSA) is 83.6 Å². The highest BCUT2D eigenvalue weighted by molar-refractivity contribution is 5.84. The molecule has 1 amide bonds. The van der Waals surface area contributed by atoms with Gasteiger partial charge in [-0.3, -0.25) is 4.79 Å². The molecule has 1 aromatic carbocycles. The number of oxazole rings is 1. The van der Waals surface area contributed by atoms with Gasteiger partial charge >= 0.3 is 5.97 Å². The number of halogens is 1. The number of likely N-dealkylation sites (tertiary alicyclic amines) is 1. The second-order valence-electron chi connectivity index (χ2n) is 6.04. The lowest BCUT2D eigenvalue weighted by atomic mass is 10.0. The summed E-state index contributed by atoms with van der Waals surface area (Å²) in [5, 5.41) is 9.24. The minimum absolute atomic E-state index is 0.112. The largest absolute Gasteiger partial charge is 0.480 e. The van der Waals surface area contributed by atoms with Crippen LogP contribution in [0, 0.1) is 5.82 Å². The molecular formula is C18H19FN2O4. The molecule has 2 heterocycles. The minimum Gasteiger partial charge on any atom is -0.480 e. The van der Waals surface area contributed by atoms with Crippen LogP contribution in [-0.4, -0.2) is 39.5 Å². The number of hydrogen-bond acceptors (Lipinski definition) is 4. The van der Waals surface area contributed by atoms with Gasteiger partial charge in [0.05, 0.1) is 11.8 Å². The van der Waals surface area contributed by atoms with Gasteiger partial charge < -0.3 is 14.4 Å². The molecule has 1 atom stereocenters. The van der Waals surface area contributed by atoms with Crippen molar-refractivity contribution in [1.29, 1.82) is 0 Å². The van der Waals surface area contributed by atoms with Crippen LogP contribution in [0.15, 0.2) is 34.9 Å². The van der Waals surface area contributed by atoms with Crippen LogP contribution in [0.2, 0.25) is 0 Å². The number of rotatable bonds is 5. The Morgan fingerprint density at radius 2 is 2.12 bits per heavy atom. The van der Waals surface area contributed by atoms with Gasteiger partial charge in [-0.15, -0.1) is 0 Å². The van der Waals surface area contributed by atoms with Gasteiger partial charge in [0.25, 0.3) is 0 Å². The molecule has 1 unspecified atom stereocenters. The van der Waals surface area contributed by atoms with Crippen LogP contribution in [0.3, 0.4) is 0 Å². The third-order valence-corrected chi connectivity index (χ3v) is 4.35. The minimum atomic E-state index is -0.967. The van der Waals surface area contributed by atoms with Gasteiger partial charge in [-0.1, -0.05) is 12.1 Å². The molecule has 6 nitrogen and oxygen atoms in total. The van der Waals surface area contributed by atoms with Crippen LogP contribution in [-0.2, 0) is 16.0 Å². The molecule has 0 spiro atoms. The van der Waals surface area contributed by atoms with Crippen LogP contribution >= 0.6 is 0 Å². The van der Waals surface area contributed by atoms with E-state index in [0.29, 0.717) is 30.2 Å². The van der Waals surface area contributed by atoms with Crippen molar-refractivity contribution in [2.24, 2.45) is 0 Å². The molecule has 0 saturated carbocycles. The summed E-state index contributed by atoms with van der Waals surface area (Å²) in [5.41, 5.74) is 0.314. The summed E-state index contributed by atoms with van der Waals surface area (Å²) in [4.78, 5) is 29.1. The second kappa shape index (κ2) is 7.46. The molecule has 2 aromatic rings. The number of carboxylic acid groups (broad SMARTS) is 1. The van der Waals surface area contributed by atoms with E-state index in [0.717, 1.165) is 12.8 Å². The average Bonchev–Trinajstić information content (AvgIpc) is 3.08. The van der Waals surface area contributed by atoms with Gasteiger partial charge in [-0.2, -0.15) is 0 Å². The number of piperidine rings is 1. The molecule has 1 N–H and O–H groups in total. The van der Waals surface area contributed by atoms with E-state index in [1.165, 1.54) is 17.2 Å². The maximum Gasteiger partial charge on any atom is 0.326 e. The van der Waals surface area contributed by atoms with Gasteiger partial charge in [-0.25, -0.2) is 14.2 Å². The standard InChI is InChI=1S/C18H19FN2O4/c19-13-6-2-1-5-12(13)15-11-20-16(25-15)8-9-17(22)21-10-4-3-7-14(21)18(23)24/h1-2,5-6,11,14H,3-4,7-10H2,(H,23,24). The fourth-order valence-corrected chi connectivity index (χ4v) is 3.06. The summed E-state index contributed by atoms with van der Waals surface area (Å²) in [6.07, 6.45) is 3.90. The first kappa shape index (κ1) is 17.1. The summed E-state index contributed by atoms with van der Waals surface area (Å²) in [6, 6.07) is 5.47. The molecule has 132 valence electrons. The van der Waals surface area contributed by atoms with Crippen molar-refractivity contribution in [3.05, 3.63) is 42.2 Å². The zero-order chi connectivity index (χ0) is 17.8. The highest BCUT2D eigenvalue weighted by atomic mass is 19.1. The summed E-state index contributed by atoms with van der Waals surface area (Å²) in [6.45, 7) is 0.460. The molecule has 1 aliphatic heterocycles. The first-order chi connectivity index (χ1) is 12.1. The molecule has 0 aliphatic carbocycles. The molecule has 1 aliphatic rings. The predicted octanol–water partition coefficient (Wildman–Crippen LogP) is 2.88. The van der Waals surface area contributed by atoms with Crippen molar-refractivity contribution < 1.29 is 23.5 Å². The monoisotopic (exact) mass is 346 g/mol. The smallest absolute Gasteiger partial charge is 0.326 e. The quantitative estimate of drug-likeness (QED) is 0.900. The van der Waals surface area contributed by atoms with E-state index in [4.69, 9.17) is 4.42 Å². The van der Waals surface area contributed by atoms with E-state index in [1.54, 1.807) is 18.2 Å². The first-order valence-electron chi connectivity index (χ1n) is 8.28. The van der Waals surface area contributed by atoms with E-state index < -0.39 is 17.8 Å². The third kappa shape index (κ3) is 3.87. The van der Waals surface area contributed by atoms with E-state index in [2.05, 4.69) is 4.98 Å². The highest BCUT2D eigenvalue weighted by Crippen LogP contribution is 2.24. The molecule has 1 aromatic heterocycles. The van der Waals surface area contributed by atoms with E-state index >= 15 is 0 Å². The maximum absolute atomic E-state index is 13.8. The van der Waals surface area contributed by atoms with E-state index in [9.17, 15) is 19.1 Å². The number of amides is 1. The molecule has 1 fully saturated rings. The number of aryl methyl sites for hydroxylation is 1. The number of carboxylic acids is 1. The van der Waals surface area contributed by atoms with Crippen molar-refractivity contribution in [2.75, 3.05) is 6.54 Å². The van der Waals surface area contributed by atoms with E-state index in [-0.39, 0.29) is 18.7 Å².